The van der Waals surface area contributed by atoms with Crippen LogP contribution in [0.3, 0.4) is 0 Å². The molecule has 17 heavy (non-hydrogen) atoms. The number of nitrogens with two attached hydrogens (primary N) is 1. The van der Waals surface area contributed by atoms with Crippen molar-refractivity contribution in [3.05, 3.63) is 0 Å². The Labute approximate surface area is 109 Å². The third-order valence-electron chi connectivity index (χ3n) is 3.69. The van der Waals surface area contributed by atoms with Gasteiger partial charge in [0.15, 0.2) is 0 Å². The zero-order chi connectivity index (χ0) is 13.5. The summed E-state index contributed by atoms with van der Waals surface area (Å²) in [7, 11) is -2.14. The van der Waals surface area contributed by atoms with Crippen LogP contribution in [0.25, 0.3) is 0 Å². The van der Waals surface area contributed by atoms with Gasteiger partial charge in [-0.25, -0.2) is 0 Å². The van der Waals surface area contributed by atoms with Gasteiger partial charge < -0.3 is 0 Å². The molecule has 106 valence electrons. The Kier molecular flexibility index (Phi) is 8.52. The van der Waals surface area contributed by atoms with Crippen LogP contribution in [0.1, 0.15) is 41.5 Å². The molecule has 0 radical (unpaired) electrons. The van der Waals surface area contributed by atoms with Gasteiger partial charge in [-0.2, -0.15) is 0 Å². The summed E-state index contributed by atoms with van der Waals surface area (Å²) in [5.74, 6) is 0. The van der Waals surface area contributed by atoms with E-state index in [0.29, 0.717) is 0 Å². The second-order valence-corrected chi connectivity index (χ2v) is 7.48. The van der Waals surface area contributed by atoms with Crippen molar-refractivity contribution in [3.8, 4) is 0 Å². The van der Waals surface area contributed by atoms with Crippen molar-refractivity contribution in [3.63, 3.8) is 0 Å². The van der Waals surface area contributed by atoms with E-state index < -0.39 is 7.87 Å². The summed E-state index contributed by atoms with van der Waals surface area (Å²) in [6, 6.07) is 0. The molecular weight excluding hydrogens is 231 g/mol. The molecule has 0 bridgehead atoms. The van der Waals surface area contributed by atoms with Gasteiger partial charge in [0.05, 0.1) is 0 Å². The second-order valence-electron chi connectivity index (χ2n) is 4.20. The summed E-state index contributed by atoms with van der Waals surface area (Å²) in [5, 5.41) is 0. The molecule has 0 atom stereocenters. The standard InChI is InChI=1S/C12H33N4P/c1-7-14(8-2)17(13,15(9-3)10-4)16(11-5)12-6/h17H,7-13H2,1-6H3. The van der Waals surface area contributed by atoms with E-state index in [9.17, 15) is 0 Å². The van der Waals surface area contributed by atoms with Gasteiger partial charge in [0.2, 0.25) is 0 Å². The number of hydrogen-bond acceptors (Lipinski definition) is 4. The van der Waals surface area contributed by atoms with Crippen LogP contribution in [-0.2, 0) is 0 Å². The molecule has 0 saturated carbocycles. The van der Waals surface area contributed by atoms with Crippen molar-refractivity contribution in [1.82, 2.24) is 14.0 Å². The number of nitrogens with zero attached hydrogens (tertiary/aromatic N) is 3. The van der Waals surface area contributed by atoms with E-state index in [4.69, 9.17) is 5.50 Å². The molecule has 0 aromatic rings. The summed E-state index contributed by atoms with van der Waals surface area (Å²) in [6.45, 7) is 19.5. The van der Waals surface area contributed by atoms with Crippen molar-refractivity contribution in [2.45, 2.75) is 41.5 Å². The molecule has 4 nitrogen and oxygen atoms in total. The van der Waals surface area contributed by atoms with Gasteiger partial charge in [0, 0.05) is 0 Å². The molecule has 0 unspecified atom stereocenters. The first-order chi connectivity index (χ1) is 8.06. The molecule has 0 spiro atoms. The third kappa shape index (κ3) is 3.62. The molecule has 0 aliphatic heterocycles. The molecule has 0 rings (SSSR count). The summed E-state index contributed by atoms with van der Waals surface area (Å²) in [5.41, 5.74) is 6.91. The summed E-state index contributed by atoms with van der Waals surface area (Å²) in [6.07, 6.45) is 0. The minimum atomic E-state index is -2.14. The molecule has 0 aliphatic rings. The van der Waals surface area contributed by atoms with Crippen LogP contribution in [0.5, 0.6) is 0 Å². The maximum atomic E-state index is 6.91. The van der Waals surface area contributed by atoms with Gasteiger partial charge in [0.25, 0.3) is 0 Å². The summed E-state index contributed by atoms with van der Waals surface area (Å²) in [4.78, 5) is 0. The Balaban J connectivity index is 5.29. The predicted molar refractivity (Wildman–Crippen MR) is 81.3 cm³/mol. The normalized spacial score (nSPS) is 14.0. The molecule has 0 aromatic heterocycles. The SMILES string of the molecule is CCN(CC)[PH](N)(N(CC)CC)N(CC)CC. The van der Waals surface area contributed by atoms with E-state index in [1.165, 1.54) is 0 Å². The summed E-state index contributed by atoms with van der Waals surface area (Å²) >= 11 is 0. The van der Waals surface area contributed by atoms with Crippen LogP contribution < -0.4 is 5.50 Å². The fourth-order valence-electron chi connectivity index (χ4n) is 2.67. The van der Waals surface area contributed by atoms with E-state index in [2.05, 4.69) is 55.6 Å². The van der Waals surface area contributed by atoms with E-state index in [1.807, 2.05) is 0 Å². The Morgan fingerprint density at radius 3 is 0.882 bits per heavy atom. The van der Waals surface area contributed by atoms with E-state index in [-0.39, 0.29) is 0 Å². The molecule has 0 aromatic carbocycles. The monoisotopic (exact) mass is 264 g/mol. The van der Waals surface area contributed by atoms with Crippen molar-refractivity contribution >= 4 is 7.87 Å². The van der Waals surface area contributed by atoms with Gasteiger partial charge in [-0.05, 0) is 0 Å². The van der Waals surface area contributed by atoms with Crippen molar-refractivity contribution in [2.75, 3.05) is 39.3 Å². The number of hydrogen-bond donors (Lipinski definition) is 1. The third-order valence-corrected chi connectivity index (χ3v) is 8.38. The van der Waals surface area contributed by atoms with Crippen LogP contribution in [0.2, 0.25) is 0 Å². The molecule has 0 fully saturated rings. The van der Waals surface area contributed by atoms with Crippen LogP contribution in [0.15, 0.2) is 0 Å². The Morgan fingerprint density at radius 2 is 0.765 bits per heavy atom. The van der Waals surface area contributed by atoms with Crippen LogP contribution in [0.4, 0.5) is 0 Å². The van der Waals surface area contributed by atoms with E-state index in [1.54, 1.807) is 0 Å². The van der Waals surface area contributed by atoms with Gasteiger partial charge in [0.1, 0.15) is 0 Å². The quantitative estimate of drug-likeness (QED) is 0.649. The van der Waals surface area contributed by atoms with Crippen LogP contribution in [-0.4, -0.2) is 53.3 Å². The van der Waals surface area contributed by atoms with Gasteiger partial charge in [-0.3, -0.25) is 0 Å². The maximum absolute atomic E-state index is 6.91. The molecule has 5 heteroatoms. The average Bonchev–Trinajstić information content (AvgIpc) is 2.33. The Hall–Kier alpha value is 0.270. The van der Waals surface area contributed by atoms with Crippen molar-refractivity contribution in [1.29, 1.82) is 0 Å². The summed E-state index contributed by atoms with van der Waals surface area (Å²) < 4.78 is 7.44. The molecule has 0 amide bonds. The van der Waals surface area contributed by atoms with Gasteiger partial charge in [-0.1, -0.05) is 0 Å². The molecular formula is C12H33N4P. The Bertz CT molecular complexity index is 158. The zero-order valence-electron chi connectivity index (χ0n) is 12.7. The van der Waals surface area contributed by atoms with E-state index >= 15 is 0 Å². The van der Waals surface area contributed by atoms with Gasteiger partial charge >= 0.3 is 108 Å². The Morgan fingerprint density at radius 1 is 0.588 bits per heavy atom. The first-order valence-electron chi connectivity index (χ1n) is 7.10. The molecule has 0 saturated heterocycles. The van der Waals surface area contributed by atoms with Crippen molar-refractivity contribution in [2.24, 2.45) is 5.50 Å². The first-order valence-corrected chi connectivity index (χ1v) is 9.02. The van der Waals surface area contributed by atoms with E-state index in [0.717, 1.165) is 39.3 Å². The fraction of sp³-hybridized carbons (Fsp3) is 1.00. The molecule has 0 aliphatic carbocycles. The van der Waals surface area contributed by atoms with Crippen LogP contribution >= 0.6 is 7.87 Å². The second kappa shape index (κ2) is 8.39. The van der Waals surface area contributed by atoms with Gasteiger partial charge in [-0.15, -0.1) is 0 Å². The number of rotatable bonds is 9. The topological polar surface area (TPSA) is 35.7 Å². The average molecular weight is 264 g/mol. The zero-order valence-corrected chi connectivity index (χ0v) is 13.7. The molecule has 2 N–H and O–H groups in total. The molecule has 0 heterocycles. The van der Waals surface area contributed by atoms with Crippen molar-refractivity contribution < 1.29 is 0 Å². The van der Waals surface area contributed by atoms with Crippen LogP contribution in [0, 0.1) is 0 Å². The predicted octanol–water partition coefficient (Wildman–Crippen LogP) is 2.38. The first kappa shape index (κ1) is 17.3. The fourth-order valence-corrected chi connectivity index (χ4v) is 6.66. The minimum absolute atomic E-state index is 1.03.